The fraction of sp³-hybridized carbons (Fsp3) is 0.700. The van der Waals surface area contributed by atoms with E-state index in [1.165, 1.54) is 51.6 Å². The van der Waals surface area contributed by atoms with E-state index in [2.05, 4.69) is 15.2 Å². The van der Waals surface area contributed by atoms with Crippen LogP contribution >= 0.6 is 0 Å². The Morgan fingerprint density at radius 3 is 2.72 bits per heavy atom. The molecule has 3 fully saturated rings. The molecule has 4 rings (SSSR count). The van der Waals surface area contributed by atoms with Gasteiger partial charge >= 0.3 is 6.03 Å². The number of pyridine rings is 1. The summed E-state index contributed by atoms with van der Waals surface area (Å²) in [7, 11) is 1.92. The molecule has 1 atom stereocenters. The molecule has 5 nitrogen and oxygen atoms in total. The van der Waals surface area contributed by atoms with Crippen LogP contribution in [-0.2, 0) is 0 Å². The van der Waals surface area contributed by atoms with Crippen molar-refractivity contribution in [3.63, 3.8) is 0 Å². The van der Waals surface area contributed by atoms with Gasteiger partial charge in [0.1, 0.15) is 0 Å². The average molecular weight is 342 g/mol. The van der Waals surface area contributed by atoms with Gasteiger partial charge in [-0.25, -0.2) is 4.79 Å². The van der Waals surface area contributed by atoms with Crippen LogP contribution in [0.1, 0.15) is 50.3 Å². The predicted octanol–water partition coefficient (Wildman–Crippen LogP) is 3.05. The number of hydrogen-bond donors (Lipinski definition) is 1. The lowest BCUT2D eigenvalue weighted by Crippen LogP contribution is -2.44. The van der Waals surface area contributed by atoms with Gasteiger partial charge in [-0.2, -0.15) is 0 Å². The number of carbonyl (C=O) groups excluding carboxylic acids is 1. The molecule has 2 heterocycles. The van der Waals surface area contributed by atoms with Gasteiger partial charge in [0.25, 0.3) is 0 Å². The van der Waals surface area contributed by atoms with E-state index in [9.17, 15) is 4.79 Å². The van der Waals surface area contributed by atoms with Gasteiger partial charge in [-0.3, -0.25) is 4.98 Å². The third-order valence-corrected chi connectivity index (χ3v) is 6.13. The van der Waals surface area contributed by atoms with Crippen LogP contribution in [0.3, 0.4) is 0 Å². The Balaban J connectivity index is 1.33. The number of hydrogen-bond acceptors (Lipinski definition) is 3. The number of amides is 2. The maximum atomic E-state index is 12.8. The summed E-state index contributed by atoms with van der Waals surface area (Å²) < 4.78 is 0. The molecule has 3 aliphatic rings. The smallest absolute Gasteiger partial charge is 0.317 e. The van der Waals surface area contributed by atoms with Gasteiger partial charge in [0.2, 0.25) is 0 Å². The van der Waals surface area contributed by atoms with Gasteiger partial charge in [0, 0.05) is 31.7 Å². The van der Waals surface area contributed by atoms with Crippen molar-refractivity contribution in [3.8, 4) is 0 Å². The van der Waals surface area contributed by atoms with Crippen LogP contribution in [0.4, 0.5) is 4.79 Å². The number of likely N-dealkylation sites (tertiary alicyclic amines) is 1. The third-order valence-electron chi connectivity index (χ3n) is 6.13. The second kappa shape index (κ2) is 6.94. The number of rotatable bonds is 7. The Labute approximate surface area is 150 Å². The molecule has 25 heavy (non-hydrogen) atoms. The van der Waals surface area contributed by atoms with E-state index in [1.54, 1.807) is 0 Å². The predicted molar refractivity (Wildman–Crippen MR) is 98.2 cm³/mol. The van der Waals surface area contributed by atoms with Crippen LogP contribution in [0.25, 0.3) is 0 Å². The molecule has 1 aromatic rings. The molecule has 136 valence electrons. The molecule has 5 heteroatoms. The van der Waals surface area contributed by atoms with Crippen LogP contribution in [-0.4, -0.2) is 54.0 Å². The summed E-state index contributed by atoms with van der Waals surface area (Å²) in [6.07, 6.45) is 9.37. The second-order valence-electron chi connectivity index (χ2n) is 8.29. The maximum absolute atomic E-state index is 12.8. The minimum absolute atomic E-state index is 0.0512. The van der Waals surface area contributed by atoms with Gasteiger partial charge in [0.15, 0.2) is 0 Å². The zero-order valence-corrected chi connectivity index (χ0v) is 15.3. The van der Waals surface area contributed by atoms with Crippen LogP contribution < -0.4 is 5.32 Å². The number of urea groups is 1. The van der Waals surface area contributed by atoms with Gasteiger partial charge in [0.05, 0.1) is 11.7 Å². The van der Waals surface area contributed by atoms with E-state index in [0.29, 0.717) is 11.3 Å². The molecule has 0 unspecified atom stereocenters. The van der Waals surface area contributed by atoms with Gasteiger partial charge < -0.3 is 15.1 Å². The largest absolute Gasteiger partial charge is 0.337 e. The van der Waals surface area contributed by atoms with Crippen LogP contribution in [0.5, 0.6) is 0 Å². The molecule has 1 aliphatic heterocycles. The molecule has 2 saturated carbocycles. The monoisotopic (exact) mass is 342 g/mol. The Kier molecular flexibility index (Phi) is 4.67. The molecule has 0 radical (unpaired) electrons. The number of nitrogens with one attached hydrogen (secondary N) is 1. The summed E-state index contributed by atoms with van der Waals surface area (Å²) >= 11 is 0. The standard InChI is InChI=1S/C20H30N4O/c1-23(18(16-7-8-16)17-6-2-3-11-21-17)19(25)22-14-20(9-10-20)15-24-12-4-5-13-24/h2-3,6,11,16,18H,4-5,7-10,12-15H2,1H3,(H,22,25)/t18-/m0/s1. The minimum atomic E-state index is 0.0512. The molecule has 1 saturated heterocycles. The van der Waals surface area contributed by atoms with Crippen molar-refractivity contribution in [1.29, 1.82) is 0 Å². The summed E-state index contributed by atoms with van der Waals surface area (Å²) in [6, 6.07) is 6.15. The van der Waals surface area contributed by atoms with E-state index < -0.39 is 0 Å². The van der Waals surface area contributed by atoms with Crippen molar-refractivity contribution in [2.75, 3.05) is 33.2 Å². The molecule has 0 aromatic carbocycles. The highest BCUT2D eigenvalue weighted by Crippen LogP contribution is 2.46. The Morgan fingerprint density at radius 2 is 2.12 bits per heavy atom. The van der Waals surface area contributed by atoms with Gasteiger partial charge in [-0.15, -0.1) is 0 Å². The van der Waals surface area contributed by atoms with Gasteiger partial charge in [-0.05, 0) is 69.7 Å². The normalized spacial score (nSPS) is 23.2. The topological polar surface area (TPSA) is 48.5 Å². The lowest BCUT2D eigenvalue weighted by Gasteiger charge is -2.29. The van der Waals surface area contributed by atoms with Crippen molar-refractivity contribution >= 4 is 6.03 Å². The molecule has 1 N–H and O–H groups in total. The zero-order valence-electron chi connectivity index (χ0n) is 15.3. The first-order chi connectivity index (χ1) is 12.2. The summed E-state index contributed by atoms with van der Waals surface area (Å²) in [5.41, 5.74) is 1.35. The van der Waals surface area contributed by atoms with Crippen molar-refractivity contribution in [1.82, 2.24) is 20.1 Å². The van der Waals surface area contributed by atoms with Crippen LogP contribution in [0, 0.1) is 11.3 Å². The van der Waals surface area contributed by atoms with Crippen molar-refractivity contribution in [2.45, 2.75) is 44.6 Å². The fourth-order valence-corrected chi connectivity index (χ4v) is 4.22. The summed E-state index contributed by atoms with van der Waals surface area (Å²) in [5, 5.41) is 3.22. The minimum Gasteiger partial charge on any atom is -0.337 e. The highest BCUT2D eigenvalue weighted by Gasteiger charge is 2.45. The molecular formula is C20H30N4O. The lowest BCUT2D eigenvalue weighted by molar-refractivity contribution is 0.176. The second-order valence-corrected chi connectivity index (χ2v) is 8.29. The summed E-state index contributed by atoms with van der Waals surface area (Å²) in [6.45, 7) is 4.44. The fourth-order valence-electron chi connectivity index (χ4n) is 4.22. The Hall–Kier alpha value is -1.62. The summed E-state index contributed by atoms with van der Waals surface area (Å²) in [5.74, 6) is 0.560. The first-order valence-corrected chi connectivity index (χ1v) is 9.81. The van der Waals surface area contributed by atoms with Crippen molar-refractivity contribution in [2.24, 2.45) is 11.3 Å². The first kappa shape index (κ1) is 16.8. The molecular weight excluding hydrogens is 312 g/mol. The highest BCUT2D eigenvalue weighted by molar-refractivity contribution is 5.74. The molecule has 0 bridgehead atoms. The Morgan fingerprint density at radius 1 is 1.36 bits per heavy atom. The quantitative estimate of drug-likeness (QED) is 0.828. The number of aromatic nitrogens is 1. The maximum Gasteiger partial charge on any atom is 0.317 e. The van der Waals surface area contributed by atoms with E-state index >= 15 is 0 Å². The van der Waals surface area contributed by atoms with E-state index in [1.807, 2.05) is 36.3 Å². The third kappa shape index (κ3) is 3.97. The van der Waals surface area contributed by atoms with Crippen molar-refractivity contribution in [3.05, 3.63) is 30.1 Å². The van der Waals surface area contributed by atoms with E-state index in [-0.39, 0.29) is 12.1 Å². The van der Waals surface area contributed by atoms with Crippen LogP contribution in [0.15, 0.2) is 24.4 Å². The van der Waals surface area contributed by atoms with Gasteiger partial charge in [-0.1, -0.05) is 6.07 Å². The van der Waals surface area contributed by atoms with Crippen LogP contribution in [0.2, 0.25) is 0 Å². The van der Waals surface area contributed by atoms with E-state index in [0.717, 1.165) is 18.8 Å². The first-order valence-electron chi connectivity index (χ1n) is 9.81. The Bertz CT molecular complexity index is 591. The van der Waals surface area contributed by atoms with Crippen molar-refractivity contribution < 1.29 is 4.79 Å². The molecule has 2 aliphatic carbocycles. The molecule has 2 amide bonds. The highest BCUT2D eigenvalue weighted by atomic mass is 16.2. The lowest BCUT2D eigenvalue weighted by atomic mass is 10.1. The number of nitrogens with zero attached hydrogens (tertiary/aromatic N) is 3. The SMILES string of the molecule is CN(C(=O)NCC1(CN2CCCC2)CC1)[C@H](c1ccccn1)C1CC1. The zero-order chi connectivity index (χ0) is 17.3. The van der Waals surface area contributed by atoms with E-state index in [4.69, 9.17) is 0 Å². The number of carbonyl (C=O) groups is 1. The molecule has 0 spiro atoms. The summed E-state index contributed by atoms with van der Waals surface area (Å²) in [4.78, 5) is 21.7. The average Bonchev–Trinajstić information content (AvgIpc) is 3.55. The molecule has 1 aromatic heterocycles.